The summed E-state index contributed by atoms with van der Waals surface area (Å²) in [6.07, 6.45) is 6.65. The van der Waals surface area contributed by atoms with Crippen LogP contribution in [0.25, 0.3) is 0 Å². The fraction of sp³-hybridized carbons (Fsp3) is 0.619. The zero-order valence-corrected chi connectivity index (χ0v) is 15.7. The van der Waals surface area contributed by atoms with Crippen LogP contribution in [-0.2, 0) is 16.0 Å². The molecule has 2 aliphatic carbocycles. The topological polar surface area (TPSA) is 84.2 Å². The summed E-state index contributed by atoms with van der Waals surface area (Å²) in [5, 5.41) is 5.92. The van der Waals surface area contributed by atoms with Crippen molar-refractivity contribution in [2.24, 2.45) is 17.6 Å². The van der Waals surface area contributed by atoms with Crippen LogP contribution < -0.4 is 16.4 Å². The Morgan fingerprint density at radius 3 is 2.38 bits per heavy atom. The highest BCUT2D eigenvalue weighted by molar-refractivity contribution is 5.84. The molecule has 2 amide bonds. The van der Waals surface area contributed by atoms with Gasteiger partial charge in [0.2, 0.25) is 11.8 Å². The van der Waals surface area contributed by atoms with Crippen molar-refractivity contribution in [1.82, 2.24) is 10.6 Å². The molecule has 2 bridgehead atoms. The van der Waals surface area contributed by atoms with E-state index in [2.05, 4.69) is 10.6 Å². The molecule has 0 saturated heterocycles. The molecule has 5 nitrogen and oxygen atoms in total. The normalized spacial score (nSPS) is 27.6. The Hall–Kier alpha value is -1.88. The van der Waals surface area contributed by atoms with E-state index in [0.29, 0.717) is 24.7 Å². The van der Waals surface area contributed by atoms with E-state index in [4.69, 9.17) is 5.73 Å². The Labute approximate surface area is 156 Å². The molecule has 0 heterocycles. The zero-order valence-electron chi connectivity index (χ0n) is 15.7. The van der Waals surface area contributed by atoms with Crippen molar-refractivity contribution in [3.63, 3.8) is 0 Å². The number of aryl methyl sites for hydroxylation is 2. The number of hydrogen-bond donors (Lipinski definition) is 3. The van der Waals surface area contributed by atoms with E-state index in [9.17, 15) is 9.59 Å². The average molecular weight is 357 g/mol. The van der Waals surface area contributed by atoms with Crippen LogP contribution in [0.4, 0.5) is 0 Å². The van der Waals surface area contributed by atoms with E-state index in [0.717, 1.165) is 31.2 Å². The maximum Gasteiger partial charge on any atom is 0.239 e. The first-order chi connectivity index (χ1) is 12.5. The second-order valence-corrected chi connectivity index (χ2v) is 8.04. The molecule has 0 aromatic heterocycles. The van der Waals surface area contributed by atoms with Crippen LogP contribution in [0.2, 0.25) is 0 Å². The smallest absolute Gasteiger partial charge is 0.239 e. The largest absolute Gasteiger partial charge is 0.351 e. The fourth-order valence-electron chi connectivity index (χ4n) is 4.54. The molecule has 26 heavy (non-hydrogen) atoms. The molecule has 0 aliphatic heterocycles. The third kappa shape index (κ3) is 5.07. The van der Waals surface area contributed by atoms with Crippen molar-refractivity contribution in [1.29, 1.82) is 0 Å². The molecular weight excluding hydrogens is 326 g/mol. The van der Waals surface area contributed by atoms with Crippen LogP contribution in [0, 0.1) is 18.8 Å². The van der Waals surface area contributed by atoms with Gasteiger partial charge in [-0.1, -0.05) is 36.2 Å². The van der Waals surface area contributed by atoms with Gasteiger partial charge in [0.25, 0.3) is 0 Å². The van der Waals surface area contributed by atoms with E-state index < -0.39 is 0 Å². The highest BCUT2D eigenvalue weighted by Gasteiger charge is 2.39. The predicted octanol–water partition coefficient (Wildman–Crippen LogP) is 2.07. The van der Waals surface area contributed by atoms with Crippen LogP contribution >= 0.6 is 0 Å². The number of carbonyl (C=O) groups excluding carboxylic acids is 2. The first-order valence-corrected chi connectivity index (χ1v) is 9.88. The number of fused-ring (bicyclic) bond motifs is 2. The minimum Gasteiger partial charge on any atom is -0.351 e. The molecule has 3 rings (SSSR count). The number of nitrogens with one attached hydrogen (secondary N) is 2. The molecule has 142 valence electrons. The Morgan fingerprint density at radius 2 is 1.73 bits per heavy atom. The Balaban J connectivity index is 1.39. The van der Waals surface area contributed by atoms with Crippen LogP contribution in [0.15, 0.2) is 24.3 Å². The van der Waals surface area contributed by atoms with Crippen molar-refractivity contribution in [2.45, 2.75) is 64.0 Å². The van der Waals surface area contributed by atoms with Crippen LogP contribution in [-0.4, -0.2) is 30.4 Å². The third-order valence-corrected chi connectivity index (χ3v) is 5.91. The average Bonchev–Trinajstić information content (AvgIpc) is 2.60. The van der Waals surface area contributed by atoms with Gasteiger partial charge in [-0.2, -0.15) is 0 Å². The molecule has 5 heteroatoms. The number of amides is 2. The first-order valence-electron chi connectivity index (χ1n) is 9.88. The summed E-state index contributed by atoms with van der Waals surface area (Å²) in [5.41, 5.74) is 8.49. The highest BCUT2D eigenvalue weighted by Crippen LogP contribution is 2.39. The monoisotopic (exact) mass is 357 g/mol. The summed E-state index contributed by atoms with van der Waals surface area (Å²) in [4.78, 5) is 24.3. The standard InChI is InChI=1S/C21H31N3O2/c1-14-5-7-15(8-6-14)9-10-19(25)23-13-20(26)24-21-16-3-2-4-17(21)12-18(22)11-16/h5-8,16-18,21H,2-4,9-13,22H2,1H3,(H,23,25)(H,24,26). The summed E-state index contributed by atoms with van der Waals surface area (Å²) >= 11 is 0. The lowest BCUT2D eigenvalue weighted by Crippen LogP contribution is -2.55. The number of benzene rings is 1. The van der Waals surface area contributed by atoms with Crippen LogP contribution in [0.3, 0.4) is 0 Å². The minimum absolute atomic E-state index is 0.0642. The number of hydrogen-bond acceptors (Lipinski definition) is 3. The quantitative estimate of drug-likeness (QED) is 0.729. The van der Waals surface area contributed by atoms with Crippen molar-refractivity contribution < 1.29 is 9.59 Å². The molecule has 2 unspecified atom stereocenters. The van der Waals surface area contributed by atoms with Crippen molar-refractivity contribution in [2.75, 3.05) is 6.54 Å². The summed E-state index contributed by atoms with van der Waals surface area (Å²) in [5.74, 6) is 0.843. The highest BCUT2D eigenvalue weighted by atomic mass is 16.2. The number of carbonyl (C=O) groups is 2. The van der Waals surface area contributed by atoms with E-state index in [-0.39, 0.29) is 30.4 Å². The third-order valence-electron chi connectivity index (χ3n) is 5.91. The molecule has 0 radical (unpaired) electrons. The Kier molecular flexibility index (Phi) is 6.30. The lowest BCUT2D eigenvalue weighted by molar-refractivity contribution is -0.127. The van der Waals surface area contributed by atoms with Crippen molar-refractivity contribution in [3.8, 4) is 0 Å². The van der Waals surface area contributed by atoms with Gasteiger partial charge in [0, 0.05) is 18.5 Å². The van der Waals surface area contributed by atoms with Gasteiger partial charge in [-0.25, -0.2) is 0 Å². The molecule has 1 aromatic rings. The van der Waals surface area contributed by atoms with Gasteiger partial charge < -0.3 is 16.4 Å². The van der Waals surface area contributed by atoms with Gasteiger partial charge in [-0.3, -0.25) is 9.59 Å². The van der Waals surface area contributed by atoms with Crippen LogP contribution in [0.5, 0.6) is 0 Å². The summed E-state index contributed by atoms with van der Waals surface area (Å²) in [7, 11) is 0. The fourth-order valence-corrected chi connectivity index (χ4v) is 4.54. The van der Waals surface area contributed by atoms with Gasteiger partial charge in [-0.15, -0.1) is 0 Å². The molecule has 2 atom stereocenters. The molecular formula is C21H31N3O2. The maximum absolute atomic E-state index is 12.3. The minimum atomic E-state index is -0.0777. The maximum atomic E-state index is 12.3. The lowest BCUT2D eigenvalue weighted by atomic mass is 9.67. The summed E-state index contributed by atoms with van der Waals surface area (Å²) in [6.45, 7) is 2.11. The molecule has 2 saturated carbocycles. The second-order valence-electron chi connectivity index (χ2n) is 8.04. The van der Waals surface area contributed by atoms with Gasteiger partial charge in [0.15, 0.2) is 0 Å². The first kappa shape index (κ1) is 18.9. The molecule has 0 spiro atoms. The zero-order chi connectivity index (χ0) is 18.5. The lowest BCUT2D eigenvalue weighted by Gasteiger charge is -2.45. The summed E-state index contributed by atoms with van der Waals surface area (Å²) < 4.78 is 0. The molecule has 2 aliphatic rings. The molecule has 1 aromatic carbocycles. The van der Waals surface area contributed by atoms with Gasteiger partial charge in [0.1, 0.15) is 0 Å². The second kappa shape index (κ2) is 8.67. The van der Waals surface area contributed by atoms with Crippen LogP contribution in [0.1, 0.15) is 49.7 Å². The SMILES string of the molecule is Cc1ccc(CCC(=O)NCC(=O)NC2C3CCCC2CC(N)C3)cc1. The summed E-state index contributed by atoms with van der Waals surface area (Å²) in [6, 6.07) is 8.70. The van der Waals surface area contributed by atoms with Crippen molar-refractivity contribution in [3.05, 3.63) is 35.4 Å². The van der Waals surface area contributed by atoms with E-state index in [1.165, 1.54) is 12.0 Å². The van der Waals surface area contributed by atoms with Gasteiger partial charge in [-0.05, 0) is 56.4 Å². The number of nitrogens with two attached hydrogens (primary N) is 1. The molecule has 2 fully saturated rings. The number of rotatable bonds is 6. The Bertz CT molecular complexity index is 615. The van der Waals surface area contributed by atoms with Gasteiger partial charge >= 0.3 is 0 Å². The predicted molar refractivity (Wildman–Crippen MR) is 102 cm³/mol. The van der Waals surface area contributed by atoms with E-state index >= 15 is 0 Å². The van der Waals surface area contributed by atoms with Crippen molar-refractivity contribution >= 4 is 11.8 Å². The Morgan fingerprint density at radius 1 is 1.08 bits per heavy atom. The molecule has 4 N–H and O–H groups in total. The van der Waals surface area contributed by atoms with E-state index in [1.807, 2.05) is 31.2 Å². The van der Waals surface area contributed by atoms with E-state index in [1.54, 1.807) is 0 Å². The van der Waals surface area contributed by atoms with Gasteiger partial charge in [0.05, 0.1) is 6.54 Å².